The van der Waals surface area contributed by atoms with Crippen molar-refractivity contribution in [2.45, 2.75) is 32.7 Å². The van der Waals surface area contributed by atoms with E-state index in [1.165, 1.54) is 4.90 Å². The third kappa shape index (κ3) is 3.90. The molecule has 1 aliphatic heterocycles. The van der Waals surface area contributed by atoms with Gasteiger partial charge in [-0.2, -0.15) is 0 Å². The molecule has 0 N–H and O–H groups in total. The van der Waals surface area contributed by atoms with Gasteiger partial charge < -0.3 is 4.90 Å². The molecule has 0 spiro atoms. The molecule has 1 aromatic carbocycles. The number of rotatable bonds is 6. The topological polar surface area (TPSA) is 57.7 Å². The summed E-state index contributed by atoms with van der Waals surface area (Å²) in [6, 6.07) is 9.77. The van der Waals surface area contributed by atoms with Crippen LogP contribution in [0.4, 0.5) is 0 Å². The summed E-state index contributed by atoms with van der Waals surface area (Å²) in [7, 11) is 0. The number of benzene rings is 1. The van der Waals surface area contributed by atoms with Crippen molar-refractivity contribution >= 4 is 17.7 Å². The van der Waals surface area contributed by atoms with E-state index in [4.69, 9.17) is 0 Å². The van der Waals surface area contributed by atoms with Gasteiger partial charge in [-0.25, -0.2) is 0 Å². The molecule has 1 aliphatic rings. The Morgan fingerprint density at radius 1 is 1.14 bits per heavy atom. The molecule has 2 rings (SSSR count). The maximum absolute atomic E-state index is 12.2. The van der Waals surface area contributed by atoms with Crippen molar-refractivity contribution < 1.29 is 14.4 Å². The van der Waals surface area contributed by atoms with Crippen LogP contribution in [0.3, 0.4) is 0 Å². The summed E-state index contributed by atoms with van der Waals surface area (Å²) >= 11 is 0. The van der Waals surface area contributed by atoms with E-state index in [1.54, 1.807) is 4.90 Å². The Hall–Kier alpha value is -2.17. The van der Waals surface area contributed by atoms with E-state index in [0.29, 0.717) is 13.1 Å². The normalized spacial score (nSPS) is 14.6. The van der Waals surface area contributed by atoms with Crippen LogP contribution >= 0.6 is 0 Å². The highest BCUT2D eigenvalue weighted by atomic mass is 16.2. The Morgan fingerprint density at radius 2 is 1.76 bits per heavy atom. The molecular weight excluding hydrogens is 268 g/mol. The van der Waals surface area contributed by atoms with Crippen LogP contribution in [0.5, 0.6) is 0 Å². The van der Waals surface area contributed by atoms with E-state index in [0.717, 1.165) is 5.56 Å². The van der Waals surface area contributed by atoms with E-state index in [2.05, 4.69) is 0 Å². The van der Waals surface area contributed by atoms with Crippen LogP contribution < -0.4 is 0 Å². The lowest BCUT2D eigenvalue weighted by molar-refractivity contribution is -0.139. The molecule has 5 nitrogen and oxygen atoms in total. The summed E-state index contributed by atoms with van der Waals surface area (Å²) < 4.78 is 0. The van der Waals surface area contributed by atoms with Crippen LogP contribution in [0.15, 0.2) is 30.3 Å². The lowest BCUT2D eigenvalue weighted by Crippen LogP contribution is -2.36. The molecule has 1 saturated heterocycles. The number of carbonyl (C=O) groups excluding carboxylic acids is 3. The lowest BCUT2D eigenvalue weighted by Gasteiger charge is -2.22. The first-order valence-corrected chi connectivity index (χ1v) is 7.26. The molecule has 0 saturated carbocycles. The van der Waals surface area contributed by atoms with E-state index in [9.17, 15) is 14.4 Å². The smallest absolute Gasteiger partial charge is 0.229 e. The van der Waals surface area contributed by atoms with Gasteiger partial charge in [0.25, 0.3) is 0 Å². The van der Waals surface area contributed by atoms with E-state index < -0.39 is 0 Å². The van der Waals surface area contributed by atoms with Gasteiger partial charge in [0, 0.05) is 38.9 Å². The molecule has 0 radical (unpaired) electrons. The van der Waals surface area contributed by atoms with Gasteiger partial charge in [-0.15, -0.1) is 0 Å². The minimum absolute atomic E-state index is 0.0335. The molecule has 1 heterocycles. The third-order valence-corrected chi connectivity index (χ3v) is 3.65. The van der Waals surface area contributed by atoms with Crippen molar-refractivity contribution in [1.82, 2.24) is 9.80 Å². The van der Waals surface area contributed by atoms with Crippen LogP contribution in [0, 0.1) is 0 Å². The second-order valence-electron chi connectivity index (χ2n) is 5.08. The van der Waals surface area contributed by atoms with E-state index >= 15 is 0 Å². The van der Waals surface area contributed by atoms with Crippen LogP contribution in [0.1, 0.15) is 31.7 Å². The van der Waals surface area contributed by atoms with Crippen molar-refractivity contribution in [2.24, 2.45) is 0 Å². The predicted molar refractivity (Wildman–Crippen MR) is 78.1 cm³/mol. The Balaban J connectivity index is 1.88. The molecule has 0 unspecified atom stereocenters. The fourth-order valence-corrected chi connectivity index (χ4v) is 2.42. The molecule has 5 heteroatoms. The number of hydrogen-bond acceptors (Lipinski definition) is 3. The van der Waals surface area contributed by atoms with Gasteiger partial charge in [0.2, 0.25) is 17.7 Å². The lowest BCUT2D eigenvalue weighted by atomic mass is 10.2. The number of amides is 3. The molecule has 1 fully saturated rings. The van der Waals surface area contributed by atoms with Crippen LogP contribution in [-0.2, 0) is 20.9 Å². The zero-order chi connectivity index (χ0) is 15.2. The Kier molecular flexibility index (Phi) is 5.09. The highest BCUT2D eigenvalue weighted by Gasteiger charge is 2.29. The standard InChI is InChI=1S/C16H20N2O3/c1-2-17(12-13-6-4-3-5-7-13)14(19)10-11-18-15(20)8-9-16(18)21/h3-7H,2,8-12H2,1H3. The fraction of sp³-hybridized carbons (Fsp3) is 0.438. The second kappa shape index (κ2) is 7.02. The van der Waals surface area contributed by atoms with Crippen LogP contribution in [0.2, 0.25) is 0 Å². The Labute approximate surface area is 124 Å². The maximum Gasteiger partial charge on any atom is 0.229 e. The monoisotopic (exact) mass is 288 g/mol. The first kappa shape index (κ1) is 15.2. The molecule has 1 aromatic rings. The zero-order valence-corrected chi connectivity index (χ0v) is 12.2. The Bertz CT molecular complexity index is 512. The maximum atomic E-state index is 12.2. The first-order chi connectivity index (χ1) is 10.1. The fourth-order valence-electron chi connectivity index (χ4n) is 2.42. The highest BCUT2D eigenvalue weighted by Crippen LogP contribution is 2.13. The van der Waals surface area contributed by atoms with Gasteiger partial charge in [0.1, 0.15) is 0 Å². The van der Waals surface area contributed by atoms with E-state index in [1.807, 2.05) is 37.3 Å². The van der Waals surface area contributed by atoms with Crippen molar-refractivity contribution in [3.8, 4) is 0 Å². The predicted octanol–water partition coefficient (Wildman–Crippen LogP) is 1.57. The molecule has 21 heavy (non-hydrogen) atoms. The average Bonchev–Trinajstić information content (AvgIpc) is 2.82. The molecule has 0 aliphatic carbocycles. The molecule has 0 aromatic heterocycles. The van der Waals surface area contributed by atoms with Crippen molar-refractivity contribution in [3.05, 3.63) is 35.9 Å². The summed E-state index contributed by atoms with van der Waals surface area (Å²) in [5, 5.41) is 0. The van der Waals surface area contributed by atoms with Gasteiger partial charge in [0.05, 0.1) is 0 Å². The number of hydrogen-bond donors (Lipinski definition) is 0. The van der Waals surface area contributed by atoms with Crippen LogP contribution in [0.25, 0.3) is 0 Å². The van der Waals surface area contributed by atoms with Gasteiger partial charge in [0.15, 0.2) is 0 Å². The summed E-state index contributed by atoms with van der Waals surface area (Å²) in [5.41, 5.74) is 1.07. The number of nitrogens with zero attached hydrogens (tertiary/aromatic N) is 2. The Morgan fingerprint density at radius 3 is 2.33 bits per heavy atom. The molecule has 3 amide bonds. The number of carbonyl (C=O) groups is 3. The van der Waals surface area contributed by atoms with E-state index in [-0.39, 0.29) is 43.5 Å². The van der Waals surface area contributed by atoms with Crippen molar-refractivity contribution in [1.29, 1.82) is 0 Å². The molecule has 0 atom stereocenters. The SMILES string of the molecule is CCN(Cc1ccccc1)C(=O)CCN1C(=O)CCC1=O. The average molecular weight is 288 g/mol. The summed E-state index contributed by atoms with van der Waals surface area (Å²) in [5.74, 6) is -0.369. The number of likely N-dealkylation sites (tertiary alicyclic amines) is 1. The quantitative estimate of drug-likeness (QED) is 0.747. The van der Waals surface area contributed by atoms with Gasteiger partial charge in [-0.3, -0.25) is 19.3 Å². The second-order valence-corrected chi connectivity index (χ2v) is 5.08. The minimum Gasteiger partial charge on any atom is -0.339 e. The van der Waals surface area contributed by atoms with Gasteiger partial charge in [-0.05, 0) is 12.5 Å². The van der Waals surface area contributed by atoms with Gasteiger partial charge >= 0.3 is 0 Å². The summed E-state index contributed by atoms with van der Waals surface area (Å²) in [6.45, 7) is 3.28. The van der Waals surface area contributed by atoms with Crippen molar-refractivity contribution in [2.75, 3.05) is 13.1 Å². The largest absolute Gasteiger partial charge is 0.339 e. The molecular formula is C16H20N2O3. The number of imide groups is 1. The first-order valence-electron chi connectivity index (χ1n) is 7.26. The molecule has 0 bridgehead atoms. The highest BCUT2D eigenvalue weighted by molar-refractivity contribution is 6.02. The zero-order valence-electron chi connectivity index (χ0n) is 12.2. The van der Waals surface area contributed by atoms with Gasteiger partial charge in [-0.1, -0.05) is 30.3 Å². The van der Waals surface area contributed by atoms with Crippen LogP contribution in [-0.4, -0.2) is 40.6 Å². The summed E-state index contributed by atoms with van der Waals surface area (Å²) in [4.78, 5) is 38.2. The third-order valence-electron chi connectivity index (χ3n) is 3.65. The van der Waals surface area contributed by atoms with Crippen molar-refractivity contribution in [3.63, 3.8) is 0 Å². The summed E-state index contributed by atoms with van der Waals surface area (Å²) in [6.07, 6.45) is 0.737. The minimum atomic E-state index is -0.168. The molecule has 112 valence electrons.